The quantitative estimate of drug-likeness (QED) is 0.887. The maximum Gasteiger partial charge on any atom is 0.114 e. The van der Waals surface area contributed by atoms with Crippen LogP contribution in [0.2, 0.25) is 0 Å². The predicted octanol–water partition coefficient (Wildman–Crippen LogP) is 2.74. The molecule has 1 saturated heterocycles. The standard InChI is InChI=1S/C13H17N3S/c14-11-5-3-6-16-12(11)9-15-13(16)8-10-4-1-2-7-17-10/h3,5-6,9-10H,1-2,4,7-8,14H2. The highest BCUT2D eigenvalue weighted by Gasteiger charge is 2.17. The number of hydrogen-bond donors (Lipinski definition) is 1. The Bertz CT molecular complexity index is 514. The monoisotopic (exact) mass is 247 g/mol. The van der Waals surface area contributed by atoms with Crippen molar-refractivity contribution in [3.05, 3.63) is 30.4 Å². The van der Waals surface area contributed by atoms with Crippen molar-refractivity contribution in [1.29, 1.82) is 0 Å². The number of imidazole rings is 1. The molecule has 0 aliphatic carbocycles. The molecule has 17 heavy (non-hydrogen) atoms. The average molecular weight is 247 g/mol. The highest BCUT2D eigenvalue weighted by molar-refractivity contribution is 7.99. The number of fused-ring (bicyclic) bond motifs is 1. The van der Waals surface area contributed by atoms with Crippen LogP contribution in [-0.2, 0) is 6.42 Å². The van der Waals surface area contributed by atoms with Crippen molar-refractivity contribution in [3.63, 3.8) is 0 Å². The lowest BCUT2D eigenvalue weighted by atomic mass is 10.1. The molecular formula is C13H17N3S. The van der Waals surface area contributed by atoms with Crippen LogP contribution in [0.5, 0.6) is 0 Å². The van der Waals surface area contributed by atoms with Crippen molar-refractivity contribution >= 4 is 23.0 Å². The van der Waals surface area contributed by atoms with E-state index >= 15 is 0 Å². The zero-order valence-electron chi connectivity index (χ0n) is 9.80. The van der Waals surface area contributed by atoms with Gasteiger partial charge in [0.05, 0.1) is 17.4 Å². The Labute approximate surface area is 105 Å². The van der Waals surface area contributed by atoms with Gasteiger partial charge in [0.1, 0.15) is 5.82 Å². The first-order chi connectivity index (χ1) is 8.34. The molecule has 0 spiro atoms. The summed E-state index contributed by atoms with van der Waals surface area (Å²) in [6.45, 7) is 0. The maximum absolute atomic E-state index is 5.94. The van der Waals surface area contributed by atoms with Crippen molar-refractivity contribution in [3.8, 4) is 0 Å². The van der Waals surface area contributed by atoms with Gasteiger partial charge in [-0.1, -0.05) is 6.42 Å². The first-order valence-corrected chi connectivity index (χ1v) is 7.21. The van der Waals surface area contributed by atoms with E-state index in [2.05, 4.69) is 27.3 Å². The number of pyridine rings is 1. The second-order valence-corrected chi connectivity index (χ2v) is 5.99. The minimum Gasteiger partial charge on any atom is -0.397 e. The lowest BCUT2D eigenvalue weighted by Gasteiger charge is -2.20. The van der Waals surface area contributed by atoms with Crippen LogP contribution < -0.4 is 5.73 Å². The summed E-state index contributed by atoms with van der Waals surface area (Å²) in [6.07, 6.45) is 9.06. The molecule has 0 aromatic carbocycles. The summed E-state index contributed by atoms with van der Waals surface area (Å²) < 4.78 is 2.13. The number of nitrogens with zero attached hydrogens (tertiary/aromatic N) is 2. The highest BCUT2D eigenvalue weighted by atomic mass is 32.2. The molecule has 1 unspecified atom stereocenters. The van der Waals surface area contributed by atoms with E-state index in [4.69, 9.17) is 5.73 Å². The van der Waals surface area contributed by atoms with Gasteiger partial charge in [0.15, 0.2) is 0 Å². The summed E-state index contributed by atoms with van der Waals surface area (Å²) in [5.41, 5.74) is 7.78. The van der Waals surface area contributed by atoms with Crippen molar-refractivity contribution in [2.75, 3.05) is 11.5 Å². The summed E-state index contributed by atoms with van der Waals surface area (Å²) in [4.78, 5) is 4.52. The Morgan fingerprint density at radius 3 is 3.24 bits per heavy atom. The van der Waals surface area contributed by atoms with Gasteiger partial charge in [-0.05, 0) is 30.7 Å². The molecule has 3 nitrogen and oxygen atoms in total. The van der Waals surface area contributed by atoms with Crippen LogP contribution in [0.25, 0.3) is 5.52 Å². The summed E-state index contributed by atoms with van der Waals surface area (Å²) >= 11 is 2.09. The van der Waals surface area contributed by atoms with E-state index in [0.717, 1.165) is 28.7 Å². The molecule has 0 amide bonds. The predicted molar refractivity (Wildman–Crippen MR) is 73.4 cm³/mol. The third kappa shape index (κ3) is 2.14. The molecule has 0 bridgehead atoms. The Morgan fingerprint density at radius 2 is 2.41 bits per heavy atom. The summed E-state index contributed by atoms with van der Waals surface area (Å²) in [6, 6.07) is 3.91. The van der Waals surface area contributed by atoms with E-state index in [1.54, 1.807) is 0 Å². The van der Waals surface area contributed by atoms with Gasteiger partial charge >= 0.3 is 0 Å². The number of thioether (sulfide) groups is 1. The topological polar surface area (TPSA) is 43.3 Å². The van der Waals surface area contributed by atoms with Crippen molar-refractivity contribution in [2.24, 2.45) is 0 Å². The molecule has 2 N–H and O–H groups in total. The highest BCUT2D eigenvalue weighted by Crippen LogP contribution is 2.28. The van der Waals surface area contributed by atoms with Crippen LogP contribution >= 0.6 is 11.8 Å². The summed E-state index contributed by atoms with van der Waals surface area (Å²) in [7, 11) is 0. The fraction of sp³-hybridized carbons (Fsp3) is 0.462. The van der Waals surface area contributed by atoms with Gasteiger partial charge < -0.3 is 10.1 Å². The van der Waals surface area contributed by atoms with E-state index in [9.17, 15) is 0 Å². The van der Waals surface area contributed by atoms with Gasteiger partial charge in [0.25, 0.3) is 0 Å². The number of aromatic nitrogens is 2. The second-order valence-electron chi connectivity index (χ2n) is 4.59. The Morgan fingerprint density at radius 1 is 1.47 bits per heavy atom. The van der Waals surface area contributed by atoms with Crippen molar-refractivity contribution in [1.82, 2.24) is 9.38 Å². The molecule has 4 heteroatoms. The first-order valence-electron chi connectivity index (χ1n) is 6.16. The third-order valence-electron chi connectivity index (χ3n) is 3.36. The number of nitrogen functional groups attached to an aromatic ring is 1. The fourth-order valence-electron chi connectivity index (χ4n) is 2.42. The molecule has 3 heterocycles. The molecule has 1 aliphatic heterocycles. The molecule has 3 rings (SSSR count). The van der Waals surface area contributed by atoms with Crippen LogP contribution in [0.3, 0.4) is 0 Å². The second kappa shape index (κ2) is 4.61. The van der Waals surface area contributed by atoms with E-state index in [1.165, 1.54) is 25.0 Å². The van der Waals surface area contributed by atoms with Crippen molar-refractivity contribution in [2.45, 2.75) is 30.9 Å². The van der Waals surface area contributed by atoms with Gasteiger partial charge in [-0.3, -0.25) is 0 Å². The van der Waals surface area contributed by atoms with Gasteiger partial charge in [-0.15, -0.1) is 0 Å². The fourth-order valence-corrected chi connectivity index (χ4v) is 3.72. The van der Waals surface area contributed by atoms with Gasteiger partial charge in [0.2, 0.25) is 0 Å². The van der Waals surface area contributed by atoms with Gasteiger partial charge in [-0.2, -0.15) is 11.8 Å². The average Bonchev–Trinajstić information content (AvgIpc) is 2.76. The van der Waals surface area contributed by atoms with Crippen LogP contribution in [0.15, 0.2) is 24.5 Å². The van der Waals surface area contributed by atoms with Crippen molar-refractivity contribution < 1.29 is 0 Å². The summed E-state index contributed by atoms with van der Waals surface area (Å²) in [5.74, 6) is 2.45. The molecule has 2 aromatic heterocycles. The lowest BCUT2D eigenvalue weighted by molar-refractivity contribution is 0.646. The largest absolute Gasteiger partial charge is 0.397 e. The first kappa shape index (κ1) is 11.0. The number of hydrogen-bond acceptors (Lipinski definition) is 3. The normalized spacial score (nSPS) is 20.8. The minimum atomic E-state index is 0.732. The zero-order valence-corrected chi connectivity index (χ0v) is 10.6. The van der Waals surface area contributed by atoms with E-state index in [0.29, 0.717) is 0 Å². The van der Waals surface area contributed by atoms with Gasteiger partial charge in [-0.25, -0.2) is 4.98 Å². The number of anilines is 1. The maximum atomic E-state index is 5.94. The van der Waals surface area contributed by atoms with E-state index in [-0.39, 0.29) is 0 Å². The van der Waals surface area contributed by atoms with Crippen LogP contribution in [-0.4, -0.2) is 20.4 Å². The molecule has 0 radical (unpaired) electrons. The minimum absolute atomic E-state index is 0.732. The smallest absolute Gasteiger partial charge is 0.114 e. The van der Waals surface area contributed by atoms with E-state index in [1.807, 2.05) is 18.3 Å². The Kier molecular flexibility index (Phi) is 2.97. The summed E-state index contributed by atoms with van der Waals surface area (Å²) in [5, 5.41) is 0.732. The Balaban J connectivity index is 1.87. The van der Waals surface area contributed by atoms with E-state index < -0.39 is 0 Å². The molecule has 90 valence electrons. The number of rotatable bonds is 2. The van der Waals surface area contributed by atoms with Gasteiger partial charge in [0, 0.05) is 17.9 Å². The molecular weight excluding hydrogens is 230 g/mol. The van der Waals surface area contributed by atoms with Crippen LogP contribution in [0.1, 0.15) is 25.1 Å². The number of nitrogens with two attached hydrogens (primary N) is 1. The van der Waals surface area contributed by atoms with Crippen LogP contribution in [0, 0.1) is 0 Å². The molecule has 1 fully saturated rings. The molecule has 0 saturated carbocycles. The third-order valence-corrected chi connectivity index (χ3v) is 4.76. The SMILES string of the molecule is Nc1cccn2c(CC3CCCCS3)ncc12. The lowest BCUT2D eigenvalue weighted by Crippen LogP contribution is -2.14. The molecule has 1 aliphatic rings. The Hall–Kier alpha value is -1.16. The zero-order chi connectivity index (χ0) is 11.7. The molecule has 1 atom stereocenters. The van der Waals surface area contributed by atoms with Crippen LogP contribution in [0.4, 0.5) is 5.69 Å². The molecule has 2 aromatic rings.